The van der Waals surface area contributed by atoms with Crippen LogP contribution in [0.3, 0.4) is 0 Å². The van der Waals surface area contributed by atoms with E-state index in [2.05, 4.69) is 33.5 Å². The summed E-state index contributed by atoms with van der Waals surface area (Å²) in [7, 11) is 1.98. The Morgan fingerprint density at radius 3 is 2.70 bits per heavy atom. The average molecular weight is 271 g/mol. The molecule has 0 saturated carbocycles. The van der Waals surface area contributed by atoms with Crippen LogP contribution in [0.15, 0.2) is 43.0 Å². The van der Waals surface area contributed by atoms with E-state index in [9.17, 15) is 0 Å². The molecular formula is C16H21N3O. The van der Waals surface area contributed by atoms with Crippen LogP contribution < -0.4 is 10.1 Å². The minimum Gasteiger partial charge on any atom is -0.492 e. The third-order valence-corrected chi connectivity index (χ3v) is 3.27. The molecule has 0 spiro atoms. The topological polar surface area (TPSA) is 47.0 Å². The lowest BCUT2D eigenvalue weighted by Gasteiger charge is -2.17. The number of rotatable bonds is 7. The molecule has 2 rings (SSSR count). The first-order valence-electron chi connectivity index (χ1n) is 6.97. The lowest BCUT2D eigenvalue weighted by Crippen LogP contribution is -2.17. The highest BCUT2D eigenvalue weighted by Gasteiger charge is 2.10. The summed E-state index contributed by atoms with van der Waals surface area (Å²) >= 11 is 0. The molecule has 20 heavy (non-hydrogen) atoms. The van der Waals surface area contributed by atoms with Crippen LogP contribution in [-0.2, 0) is 6.42 Å². The Kier molecular flexibility index (Phi) is 5.50. The second kappa shape index (κ2) is 7.60. The van der Waals surface area contributed by atoms with Crippen LogP contribution in [0.1, 0.15) is 30.5 Å². The van der Waals surface area contributed by atoms with E-state index < -0.39 is 0 Å². The first-order chi connectivity index (χ1) is 9.83. The zero-order valence-electron chi connectivity index (χ0n) is 12.0. The summed E-state index contributed by atoms with van der Waals surface area (Å²) in [5.41, 5.74) is 2.46. The van der Waals surface area contributed by atoms with E-state index in [1.165, 1.54) is 5.56 Å². The van der Waals surface area contributed by atoms with Gasteiger partial charge in [0.2, 0.25) is 0 Å². The molecule has 2 aromatic heterocycles. The van der Waals surface area contributed by atoms with Gasteiger partial charge in [-0.25, -0.2) is 0 Å². The van der Waals surface area contributed by atoms with Crippen molar-refractivity contribution in [2.45, 2.75) is 25.8 Å². The standard InChI is InChI=1S/C16H21N3O/c1-3-20-15-10-14(11-19-12-15)16(17-2)5-4-13-6-8-18-9-7-13/h6-12,16-17H,3-5H2,1-2H3. The van der Waals surface area contributed by atoms with E-state index in [0.29, 0.717) is 6.61 Å². The molecule has 0 aliphatic rings. The zero-order valence-corrected chi connectivity index (χ0v) is 12.0. The molecule has 0 fully saturated rings. The lowest BCUT2D eigenvalue weighted by atomic mass is 10.0. The van der Waals surface area contributed by atoms with E-state index in [1.807, 2.05) is 32.6 Å². The van der Waals surface area contributed by atoms with Gasteiger partial charge in [-0.1, -0.05) is 0 Å². The maximum atomic E-state index is 5.51. The Labute approximate surface area is 120 Å². The van der Waals surface area contributed by atoms with Crippen LogP contribution in [-0.4, -0.2) is 23.6 Å². The van der Waals surface area contributed by atoms with Gasteiger partial charge in [0.1, 0.15) is 5.75 Å². The molecule has 0 aliphatic heterocycles. The number of hydrogen-bond acceptors (Lipinski definition) is 4. The molecule has 1 unspecified atom stereocenters. The average Bonchev–Trinajstić information content (AvgIpc) is 2.50. The highest BCUT2D eigenvalue weighted by atomic mass is 16.5. The zero-order chi connectivity index (χ0) is 14.2. The van der Waals surface area contributed by atoms with Crippen molar-refractivity contribution in [2.24, 2.45) is 0 Å². The van der Waals surface area contributed by atoms with Crippen molar-refractivity contribution < 1.29 is 4.74 Å². The number of hydrogen-bond donors (Lipinski definition) is 1. The van der Waals surface area contributed by atoms with E-state index in [1.54, 1.807) is 6.20 Å². The largest absolute Gasteiger partial charge is 0.492 e. The third kappa shape index (κ3) is 4.03. The predicted octanol–water partition coefficient (Wildman–Crippen LogP) is 2.77. The van der Waals surface area contributed by atoms with Crippen molar-refractivity contribution in [2.75, 3.05) is 13.7 Å². The van der Waals surface area contributed by atoms with Gasteiger partial charge in [0.05, 0.1) is 12.8 Å². The van der Waals surface area contributed by atoms with Crippen LogP contribution in [0.5, 0.6) is 5.75 Å². The van der Waals surface area contributed by atoms with Crippen LogP contribution in [0.4, 0.5) is 0 Å². The molecule has 0 amide bonds. The Balaban J connectivity index is 2.02. The summed E-state index contributed by atoms with van der Waals surface area (Å²) in [6.07, 6.45) is 9.34. The molecule has 0 aliphatic carbocycles. The molecule has 2 aromatic rings. The van der Waals surface area contributed by atoms with Crippen molar-refractivity contribution in [1.29, 1.82) is 0 Å². The Morgan fingerprint density at radius 2 is 2.00 bits per heavy atom. The van der Waals surface area contributed by atoms with Crippen molar-refractivity contribution in [3.63, 3.8) is 0 Å². The van der Waals surface area contributed by atoms with Gasteiger partial charge >= 0.3 is 0 Å². The van der Waals surface area contributed by atoms with Crippen LogP contribution >= 0.6 is 0 Å². The maximum Gasteiger partial charge on any atom is 0.137 e. The molecule has 0 aromatic carbocycles. The van der Waals surface area contributed by atoms with Gasteiger partial charge in [0.15, 0.2) is 0 Å². The normalized spacial score (nSPS) is 12.1. The summed E-state index contributed by atoms with van der Waals surface area (Å²) in [4.78, 5) is 8.29. The second-order valence-corrected chi connectivity index (χ2v) is 4.62. The summed E-state index contributed by atoms with van der Waals surface area (Å²) in [5, 5.41) is 3.35. The third-order valence-electron chi connectivity index (χ3n) is 3.27. The number of ether oxygens (including phenoxy) is 1. The van der Waals surface area contributed by atoms with E-state index in [4.69, 9.17) is 4.74 Å². The lowest BCUT2D eigenvalue weighted by molar-refractivity contribution is 0.338. The first kappa shape index (κ1) is 14.5. The smallest absolute Gasteiger partial charge is 0.137 e. The predicted molar refractivity (Wildman–Crippen MR) is 79.8 cm³/mol. The van der Waals surface area contributed by atoms with Crippen molar-refractivity contribution in [1.82, 2.24) is 15.3 Å². The molecule has 0 radical (unpaired) electrons. The Morgan fingerprint density at radius 1 is 1.20 bits per heavy atom. The fourth-order valence-corrected chi connectivity index (χ4v) is 2.21. The SMILES string of the molecule is CCOc1cncc(C(CCc2ccncc2)NC)c1. The first-order valence-corrected chi connectivity index (χ1v) is 6.97. The highest BCUT2D eigenvalue weighted by Crippen LogP contribution is 2.21. The molecule has 1 N–H and O–H groups in total. The number of pyridine rings is 2. The maximum absolute atomic E-state index is 5.51. The molecule has 0 bridgehead atoms. The molecule has 2 heterocycles. The van der Waals surface area contributed by atoms with Gasteiger partial charge in [-0.2, -0.15) is 0 Å². The highest BCUT2D eigenvalue weighted by molar-refractivity contribution is 5.26. The summed E-state index contributed by atoms with van der Waals surface area (Å²) in [5.74, 6) is 0.828. The number of nitrogens with zero attached hydrogens (tertiary/aromatic N) is 2. The van der Waals surface area contributed by atoms with Gasteiger partial charge < -0.3 is 10.1 Å². The van der Waals surface area contributed by atoms with Crippen molar-refractivity contribution in [3.05, 3.63) is 54.1 Å². The van der Waals surface area contributed by atoms with Gasteiger partial charge in [0, 0.05) is 24.6 Å². The minimum absolute atomic E-state index is 0.274. The Bertz CT molecular complexity index is 516. The second-order valence-electron chi connectivity index (χ2n) is 4.62. The summed E-state index contributed by atoms with van der Waals surface area (Å²) < 4.78 is 5.51. The van der Waals surface area contributed by atoms with Crippen LogP contribution in [0, 0.1) is 0 Å². The molecule has 4 heteroatoms. The van der Waals surface area contributed by atoms with E-state index >= 15 is 0 Å². The molecule has 4 nitrogen and oxygen atoms in total. The number of nitrogens with one attached hydrogen (secondary N) is 1. The number of aromatic nitrogens is 2. The van der Waals surface area contributed by atoms with Gasteiger partial charge in [-0.05, 0) is 56.1 Å². The van der Waals surface area contributed by atoms with Crippen LogP contribution in [0.2, 0.25) is 0 Å². The fraction of sp³-hybridized carbons (Fsp3) is 0.375. The molecule has 0 saturated heterocycles. The molecular weight excluding hydrogens is 250 g/mol. The van der Waals surface area contributed by atoms with Crippen LogP contribution in [0.25, 0.3) is 0 Å². The monoisotopic (exact) mass is 271 g/mol. The van der Waals surface area contributed by atoms with Gasteiger partial charge in [-0.15, -0.1) is 0 Å². The van der Waals surface area contributed by atoms with Gasteiger partial charge in [0.25, 0.3) is 0 Å². The molecule has 106 valence electrons. The van der Waals surface area contributed by atoms with Crippen molar-refractivity contribution in [3.8, 4) is 5.75 Å². The Hall–Kier alpha value is -1.94. The van der Waals surface area contributed by atoms with E-state index in [-0.39, 0.29) is 6.04 Å². The summed E-state index contributed by atoms with van der Waals surface area (Å²) in [6.45, 7) is 2.64. The van der Waals surface area contributed by atoms with Gasteiger partial charge in [-0.3, -0.25) is 9.97 Å². The molecule has 1 atom stereocenters. The van der Waals surface area contributed by atoms with Crippen molar-refractivity contribution >= 4 is 0 Å². The van der Waals surface area contributed by atoms with E-state index in [0.717, 1.165) is 24.2 Å². The summed E-state index contributed by atoms with van der Waals surface area (Å²) in [6, 6.07) is 6.45. The number of aryl methyl sites for hydroxylation is 1. The fourth-order valence-electron chi connectivity index (χ4n) is 2.21. The minimum atomic E-state index is 0.274. The quantitative estimate of drug-likeness (QED) is 0.841.